The summed E-state index contributed by atoms with van der Waals surface area (Å²) in [6.07, 6.45) is 1.96. The average molecular weight is 298 g/mol. The first-order valence-electron chi connectivity index (χ1n) is 8.22. The van der Waals surface area contributed by atoms with Gasteiger partial charge in [-0.3, -0.25) is 9.69 Å². The number of morpholine rings is 1. The summed E-state index contributed by atoms with van der Waals surface area (Å²) in [7, 11) is 0. The largest absolute Gasteiger partial charge is 0.379 e. The Bertz CT molecular complexity index is 323. The quantitative estimate of drug-likeness (QED) is 0.818. The molecule has 0 bridgehead atoms. The van der Waals surface area contributed by atoms with Crippen molar-refractivity contribution >= 4 is 5.78 Å². The van der Waals surface area contributed by atoms with Crippen molar-refractivity contribution in [3.05, 3.63) is 0 Å². The molecule has 1 fully saturated rings. The molecule has 4 heteroatoms. The van der Waals surface area contributed by atoms with Crippen LogP contribution in [0.4, 0.5) is 0 Å². The molecular formula is C17H34N2O2. The van der Waals surface area contributed by atoms with E-state index in [4.69, 9.17) is 4.74 Å². The van der Waals surface area contributed by atoms with Crippen molar-refractivity contribution in [1.82, 2.24) is 10.2 Å². The van der Waals surface area contributed by atoms with Crippen LogP contribution >= 0.6 is 0 Å². The van der Waals surface area contributed by atoms with Crippen molar-refractivity contribution < 1.29 is 9.53 Å². The highest BCUT2D eigenvalue weighted by molar-refractivity contribution is 5.88. The average Bonchev–Trinajstić information content (AvgIpc) is 2.35. The van der Waals surface area contributed by atoms with E-state index < -0.39 is 0 Å². The maximum absolute atomic E-state index is 12.6. The topological polar surface area (TPSA) is 41.6 Å². The van der Waals surface area contributed by atoms with Gasteiger partial charge in [0.2, 0.25) is 0 Å². The fourth-order valence-corrected chi connectivity index (χ4v) is 2.66. The molecule has 4 nitrogen and oxygen atoms in total. The third-order valence-electron chi connectivity index (χ3n) is 3.73. The zero-order chi connectivity index (χ0) is 16.1. The van der Waals surface area contributed by atoms with Gasteiger partial charge in [-0.2, -0.15) is 0 Å². The summed E-state index contributed by atoms with van der Waals surface area (Å²) >= 11 is 0. The third-order valence-corrected chi connectivity index (χ3v) is 3.73. The van der Waals surface area contributed by atoms with Gasteiger partial charge in [0.25, 0.3) is 0 Å². The van der Waals surface area contributed by atoms with E-state index >= 15 is 0 Å². The highest BCUT2D eigenvalue weighted by Gasteiger charge is 2.31. The van der Waals surface area contributed by atoms with Crippen LogP contribution in [0.2, 0.25) is 0 Å². The molecule has 0 aliphatic carbocycles. The first kappa shape index (κ1) is 18.6. The van der Waals surface area contributed by atoms with Crippen molar-refractivity contribution in [2.24, 2.45) is 5.41 Å². The van der Waals surface area contributed by atoms with Crippen molar-refractivity contribution in [2.75, 3.05) is 32.8 Å². The van der Waals surface area contributed by atoms with Gasteiger partial charge in [0.15, 0.2) is 5.78 Å². The summed E-state index contributed by atoms with van der Waals surface area (Å²) < 4.78 is 5.37. The molecule has 0 radical (unpaired) electrons. The minimum atomic E-state index is -0.290. The van der Waals surface area contributed by atoms with Gasteiger partial charge in [0.05, 0.1) is 19.3 Å². The third kappa shape index (κ3) is 7.39. The summed E-state index contributed by atoms with van der Waals surface area (Å²) in [6.45, 7) is 17.2. The molecule has 1 atom stereocenters. The van der Waals surface area contributed by atoms with Crippen LogP contribution in [0.3, 0.4) is 0 Å². The first-order valence-corrected chi connectivity index (χ1v) is 8.22. The number of hydrogen-bond donors (Lipinski definition) is 1. The first-order chi connectivity index (χ1) is 9.59. The van der Waals surface area contributed by atoms with Crippen molar-refractivity contribution in [2.45, 2.75) is 66.0 Å². The minimum absolute atomic E-state index is 0.0372. The van der Waals surface area contributed by atoms with Crippen molar-refractivity contribution in [3.63, 3.8) is 0 Å². The van der Waals surface area contributed by atoms with E-state index in [1.807, 2.05) is 20.8 Å². The van der Waals surface area contributed by atoms with E-state index in [-0.39, 0.29) is 17.0 Å². The van der Waals surface area contributed by atoms with E-state index in [0.717, 1.165) is 45.7 Å². The van der Waals surface area contributed by atoms with Crippen LogP contribution in [0.25, 0.3) is 0 Å². The summed E-state index contributed by atoms with van der Waals surface area (Å²) in [4.78, 5) is 15.1. The summed E-state index contributed by atoms with van der Waals surface area (Å²) in [5.41, 5.74) is -0.327. The lowest BCUT2D eigenvalue weighted by atomic mass is 9.84. The Labute approximate surface area is 130 Å². The number of carbonyl (C=O) groups is 1. The fourth-order valence-electron chi connectivity index (χ4n) is 2.66. The Morgan fingerprint density at radius 1 is 1.14 bits per heavy atom. The van der Waals surface area contributed by atoms with Gasteiger partial charge in [-0.1, -0.05) is 20.8 Å². The van der Waals surface area contributed by atoms with Crippen LogP contribution in [-0.4, -0.2) is 55.1 Å². The van der Waals surface area contributed by atoms with Crippen molar-refractivity contribution in [1.29, 1.82) is 0 Å². The van der Waals surface area contributed by atoms with Gasteiger partial charge in [-0.05, 0) is 40.2 Å². The second-order valence-electron chi connectivity index (χ2n) is 8.16. The lowest BCUT2D eigenvalue weighted by Crippen LogP contribution is -2.51. The summed E-state index contributed by atoms with van der Waals surface area (Å²) in [6, 6.07) is -0.0500. The summed E-state index contributed by atoms with van der Waals surface area (Å²) in [5, 5.41) is 3.51. The molecule has 1 rings (SSSR count). The van der Waals surface area contributed by atoms with Crippen LogP contribution in [0.5, 0.6) is 0 Å². The SMILES string of the molecule is CC(C)(C)N[C@@H](CCCN1CCOCC1)C(=O)C(C)(C)C. The van der Waals surface area contributed by atoms with E-state index in [1.54, 1.807) is 0 Å². The van der Waals surface area contributed by atoms with Crippen LogP contribution in [0.15, 0.2) is 0 Å². The molecule has 124 valence electrons. The molecule has 0 saturated carbocycles. The van der Waals surface area contributed by atoms with Crippen LogP contribution in [0, 0.1) is 5.41 Å². The Hall–Kier alpha value is -0.450. The van der Waals surface area contributed by atoms with Gasteiger partial charge in [0.1, 0.15) is 0 Å². The van der Waals surface area contributed by atoms with Crippen molar-refractivity contribution in [3.8, 4) is 0 Å². The van der Waals surface area contributed by atoms with Gasteiger partial charge in [-0.25, -0.2) is 0 Å². The molecule has 1 aliphatic rings. The molecule has 0 unspecified atom stereocenters. The fraction of sp³-hybridized carbons (Fsp3) is 0.941. The van der Waals surface area contributed by atoms with Crippen LogP contribution < -0.4 is 5.32 Å². The molecule has 0 aromatic heterocycles. The standard InChI is InChI=1S/C17H34N2O2/c1-16(2,3)15(20)14(18-17(4,5)6)8-7-9-19-10-12-21-13-11-19/h14,18H,7-13H2,1-6H3/t14-/m0/s1. The maximum atomic E-state index is 12.6. The molecule has 1 aliphatic heterocycles. The number of nitrogens with zero attached hydrogens (tertiary/aromatic N) is 1. The van der Waals surface area contributed by atoms with E-state index in [9.17, 15) is 4.79 Å². The zero-order valence-electron chi connectivity index (χ0n) is 14.8. The second kappa shape index (κ2) is 7.70. The molecule has 0 aromatic rings. The van der Waals surface area contributed by atoms with E-state index in [1.165, 1.54) is 0 Å². The molecule has 1 N–H and O–H groups in total. The van der Waals surface area contributed by atoms with Gasteiger partial charge in [-0.15, -0.1) is 0 Å². The molecule has 1 heterocycles. The highest BCUT2D eigenvalue weighted by atomic mass is 16.5. The minimum Gasteiger partial charge on any atom is -0.379 e. The van der Waals surface area contributed by atoms with Gasteiger partial charge < -0.3 is 10.1 Å². The number of hydrogen-bond acceptors (Lipinski definition) is 4. The Morgan fingerprint density at radius 3 is 2.19 bits per heavy atom. The lowest BCUT2D eigenvalue weighted by Gasteiger charge is -2.33. The molecule has 0 amide bonds. The Morgan fingerprint density at radius 2 is 1.71 bits per heavy atom. The number of carbonyl (C=O) groups excluding carboxylic acids is 1. The van der Waals surface area contributed by atoms with E-state index in [0.29, 0.717) is 5.78 Å². The predicted octanol–water partition coefficient (Wildman–Crippen LogP) is 2.47. The number of ketones is 1. The second-order valence-corrected chi connectivity index (χ2v) is 8.16. The zero-order valence-corrected chi connectivity index (χ0v) is 14.8. The number of rotatable bonds is 6. The van der Waals surface area contributed by atoms with Crippen LogP contribution in [0.1, 0.15) is 54.4 Å². The normalized spacial score (nSPS) is 19.5. The molecule has 21 heavy (non-hydrogen) atoms. The van der Waals surface area contributed by atoms with Gasteiger partial charge in [0, 0.05) is 24.0 Å². The molecular weight excluding hydrogens is 264 g/mol. The number of nitrogens with one attached hydrogen (secondary N) is 1. The monoisotopic (exact) mass is 298 g/mol. The maximum Gasteiger partial charge on any atom is 0.155 e. The molecule has 0 spiro atoms. The van der Waals surface area contributed by atoms with Crippen LogP contribution in [-0.2, 0) is 9.53 Å². The smallest absolute Gasteiger partial charge is 0.155 e. The van der Waals surface area contributed by atoms with Gasteiger partial charge >= 0.3 is 0 Å². The summed E-state index contributed by atoms with van der Waals surface area (Å²) in [5.74, 6) is 0.319. The highest BCUT2D eigenvalue weighted by Crippen LogP contribution is 2.20. The predicted molar refractivity (Wildman–Crippen MR) is 87.6 cm³/mol. The lowest BCUT2D eigenvalue weighted by molar-refractivity contribution is -0.129. The Balaban J connectivity index is 2.50. The molecule has 1 saturated heterocycles. The van der Waals surface area contributed by atoms with E-state index in [2.05, 4.69) is 31.0 Å². The number of Topliss-reactive ketones (excluding diaryl/α,β-unsaturated/α-hetero) is 1. The molecule has 0 aromatic carbocycles. The number of ether oxygens (including phenoxy) is 1. The Kier molecular flexibility index (Phi) is 6.82.